The van der Waals surface area contributed by atoms with E-state index < -0.39 is 0 Å². The van der Waals surface area contributed by atoms with E-state index in [1.807, 2.05) is 37.3 Å². The molecular weight excluding hydrogens is 341 g/mol. The molecule has 0 spiro atoms. The summed E-state index contributed by atoms with van der Waals surface area (Å²) in [4.78, 5) is 0. The molecule has 0 aliphatic carbocycles. The highest BCUT2D eigenvalue weighted by molar-refractivity contribution is 6.31. The van der Waals surface area contributed by atoms with Gasteiger partial charge in [-0.05, 0) is 56.4 Å². The average molecular weight is 370 g/mol. The van der Waals surface area contributed by atoms with E-state index in [-0.39, 0.29) is 17.9 Å². The Labute approximate surface area is 157 Å². The first-order valence-corrected chi connectivity index (χ1v) is 8.54. The van der Waals surface area contributed by atoms with Crippen molar-refractivity contribution in [2.45, 2.75) is 60.0 Å². The highest BCUT2D eigenvalue weighted by Crippen LogP contribution is 2.30. The maximum absolute atomic E-state index is 6.20. The summed E-state index contributed by atoms with van der Waals surface area (Å²) in [7, 11) is 0. The Morgan fingerprint density at radius 1 is 1.04 bits per heavy atom. The number of benzene rings is 1. The predicted octanol–water partition coefficient (Wildman–Crippen LogP) is 6.63. The van der Waals surface area contributed by atoms with E-state index in [1.165, 1.54) is 0 Å². The lowest BCUT2D eigenvalue weighted by Crippen LogP contribution is -2.41. The second-order valence-electron chi connectivity index (χ2n) is 8.15. The topological polar surface area (TPSA) is 25.2 Å². The molecule has 4 heteroatoms. The maximum atomic E-state index is 6.20. The van der Waals surface area contributed by atoms with Gasteiger partial charge in [0.2, 0.25) is 0 Å². The van der Waals surface area contributed by atoms with Gasteiger partial charge in [0.25, 0.3) is 0 Å². The lowest BCUT2D eigenvalue weighted by molar-refractivity contribution is 0.236. The Bertz CT molecular complexity index is 669. The summed E-state index contributed by atoms with van der Waals surface area (Å²) in [6, 6.07) is 9.96. The smallest absolute Gasteiger partial charge is 0.134 e. The van der Waals surface area contributed by atoms with Crippen LogP contribution in [0.4, 0.5) is 0 Å². The van der Waals surface area contributed by atoms with Crippen molar-refractivity contribution in [3.8, 4) is 11.3 Å². The standard InChI is InChI=1S/C20H28ClNO.ClH/c1-14-16(8-7-9-17(14)21)18-11-10-15(23-18)12-22-20(5,6)13-19(2,3)4;/h7-11,22H,12-13H2,1-6H3;1H. The van der Waals surface area contributed by atoms with Gasteiger partial charge in [-0.2, -0.15) is 0 Å². The van der Waals surface area contributed by atoms with Crippen LogP contribution in [0.25, 0.3) is 11.3 Å². The van der Waals surface area contributed by atoms with E-state index in [2.05, 4.69) is 39.9 Å². The Morgan fingerprint density at radius 2 is 1.71 bits per heavy atom. The van der Waals surface area contributed by atoms with Gasteiger partial charge < -0.3 is 9.73 Å². The van der Waals surface area contributed by atoms with Crippen molar-refractivity contribution < 1.29 is 4.42 Å². The minimum absolute atomic E-state index is 0. The summed E-state index contributed by atoms with van der Waals surface area (Å²) in [5.41, 5.74) is 2.47. The van der Waals surface area contributed by atoms with Gasteiger partial charge in [-0.3, -0.25) is 0 Å². The molecule has 2 aromatic rings. The summed E-state index contributed by atoms with van der Waals surface area (Å²) >= 11 is 6.20. The fourth-order valence-corrected chi connectivity index (χ4v) is 3.38. The van der Waals surface area contributed by atoms with Gasteiger partial charge in [0.1, 0.15) is 11.5 Å². The number of hydrogen-bond acceptors (Lipinski definition) is 2. The van der Waals surface area contributed by atoms with Crippen LogP contribution in [0.1, 0.15) is 52.4 Å². The predicted molar refractivity (Wildman–Crippen MR) is 106 cm³/mol. The van der Waals surface area contributed by atoms with E-state index in [0.717, 1.165) is 40.6 Å². The van der Waals surface area contributed by atoms with Crippen LogP contribution in [0.3, 0.4) is 0 Å². The molecular formula is C20H29Cl2NO. The largest absolute Gasteiger partial charge is 0.460 e. The van der Waals surface area contributed by atoms with Gasteiger partial charge in [-0.15, -0.1) is 12.4 Å². The molecule has 0 fully saturated rings. The second-order valence-corrected chi connectivity index (χ2v) is 8.56. The third kappa shape index (κ3) is 5.84. The van der Waals surface area contributed by atoms with Crippen molar-refractivity contribution in [1.82, 2.24) is 5.32 Å². The minimum atomic E-state index is 0. The van der Waals surface area contributed by atoms with E-state index in [9.17, 15) is 0 Å². The van der Waals surface area contributed by atoms with E-state index >= 15 is 0 Å². The van der Waals surface area contributed by atoms with Gasteiger partial charge >= 0.3 is 0 Å². The monoisotopic (exact) mass is 369 g/mol. The summed E-state index contributed by atoms with van der Waals surface area (Å²) in [5, 5.41) is 4.37. The zero-order chi connectivity index (χ0) is 17.3. The van der Waals surface area contributed by atoms with Crippen molar-refractivity contribution in [3.63, 3.8) is 0 Å². The molecule has 0 unspecified atom stereocenters. The van der Waals surface area contributed by atoms with E-state index in [4.69, 9.17) is 16.0 Å². The molecule has 24 heavy (non-hydrogen) atoms. The zero-order valence-corrected chi connectivity index (χ0v) is 17.1. The van der Waals surface area contributed by atoms with Crippen LogP contribution in [-0.2, 0) is 6.54 Å². The first-order valence-electron chi connectivity index (χ1n) is 8.17. The second kappa shape index (κ2) is 7.95. The lowest BCUT2D eigenvalue weighted by Gasteiger charge is -2.33. The van der Waals surface area contributed by atoms with Gasteiger partial charge in [0.15, 0.2) is 0 Å². The average Bonchev–Trinajstić information content (AvgIpc) is 2.86. The number of hydrogen-bond donors (Lipinski definition) is 1. The van der Waals surface area contributed by atoms with Crippen LogP contribution in [0.2, 0.25) is 5.02 Å². The molecule has 1 N–H and O–H groups in total. The maximum Gasteiger partial charge on any atom is 0.134 e. The van der Waals surface area contributed by atoms with Gasteiger partial charge in [-0.25, -0.2) is 0 Å². The Kier molecular flexibility index (Phi) is 6.98. The molecule has 0 saturated heterocycles. The molecule has 1 aromatic heterocycles. The zero-order valence-electron chi connectivity index (χ0n) is 15.5. The molecule has 0 amide bonds. The van der Waals surface area contributed by atoms with Crippen LogP contribution in [-0.4, -0.2) is 5.54 Å². The normalized spacial score (nSPS) is 12.1. The van der Waals surface area contributed by atoms with Gasteiger partial charge in [0.05, 0.1) is 6.54 Å². The van der Waals surface area contributed by atoms with Crippen LogP contribution in [0.15, 0.2) is 34.7 Å². The molecule has 0 bridgehead atoms. The molecule has 0 atom stereocenters. The van der Waals surface area contributed by atoms with Crippen molar-refractivity contribution >= 4 is 24.0 Å². The first-order chi connectivity index (χ1) is 10.6. The lowest BCUT2D eigenvalue weighted by atomic mass is 9.82. The van der Waals surface area contributed by atoms with Crippen LogP contribution < -0.4 is 5.32 Å². The first kappa shape index (κ1) is 21.1. The molecule has 1 aromatic carbocycles. The number of halogens is 2. The van der Waals surface area contributed by atoms with E-state index in [1.54, 1.807) is 0 Å². The summed E-state index contributed by atoms with van der Waals surface area (Å²) in [5.74, 6) is 1.82. The Balaban J connectivity index is 0.00000288. The highest BCUT2D eigenvalue weighted by atomic mass is 35.5. The summed E-state index contributed by atoms with van der Waals surface area (Å²) < 4.78 is 6.01. The SMILES string of the molecule is Cc1c(Cl)cccc1-c1ccc(CNC(C)(C)CC(C)(C)C)o1.Cl. The Hall–Kier alpha value is -0.960. The molecule has 2 nitrogen and oxygen atoms in total. The third-order valence-corrected chi connectivity index (χ3v) is 4.32. The molecule has 0 radical (unpaired) electrons. The fourth-order valence-electron chi connectivity index (χ4n) is 3.21. The summed E-state index contributed by atoms with van der Waals surface area (Å²) in [6.45, 7) is 14.0. The Morgan fingerprint density at radius 3 is 2.33 bits per heavy atom. The number of nitrogens with one attached hydrogen (secondary N) is 1. The third-order valence-electron chi connectivity index (χ3n) is 3.91. The minimum Gasteiger partial charge on any atom is -0.460 e. The van der Waals surface area contributed by atoms with E-state index in [0.29, 0.717) is 5.41 Å². The molecule has 134 valence electrons. The quantitative estimate of drug-likeness (QED) is 0.639. The van der Waals surface area contributed by atoms with Gasteiger partial charge in [-0.1, -0.05) is 44.5 Å². The highest BCUT2D eigenvalue weighted by Gasteiger charge is 2.25. The van der Waals surface area contributed by atoms with Crippen LogP contribution in [0.5, 0.6) is 0 Å². The molecule has 0 aliphatic heterocycles. The van der Waals surface area contributed by atoms with Crippen molar-refractivity contribution in [3.05, 3.63) is 46.7 Å². The molecule has 0 aliphatic rings. The molecule has 2 rings (SSSR count). The van der Waals surface area contributed by atoms with Crippen LogP contribution >= 0.6 is 24.0 Å². The van der Waals surface area contributed by atoms with Crippen molar-refractivity contribution in [2.24, 2.45) is 5.41 Å². The number of rotatable bonds is 5. The number of furan rings is 1. The molecule has 1 heterocycles. The van der Waals surface area contributed by atoms with Crippen molar-refractivity contribution in [2.75, 3.05) is 0 Å². The fraction of sp³-hybridized carbons (Fsp3) is 0.500. The molecule has 0 saturated carbocycles. The van der Waals surface area contributed by atoms with Crippen LogP contribution in [0, 0.1) is 12.3 Å². The summed E-state index contributed by atoms with van der Waals surface area (Å²) in [6.07, 6.45) is 1.10. The van der Waals surface area contributed by atoms with Gasteiger partial charge in [0, 0.05) is 16.1 Å². The van der Waals surface area contributed by atoms with Crippen molar-refractivity contribution in [1.29, 1.82) is 0 Å².